The number of hydrogen-bond acceptors (Lipinski definition) is 2. The van der Waals surface area contributed by atoms with Crippen molar-refractivity contribution in [3.05, 3.63) is 100 Å². The minimum Gasteiger partial charge on any atom is -0.478 e. The van der Waals surface area contributed by atoms with Crippen molar-refractivity contribution in [3.8, 4) is 5.75 Å². The van der Waals surface area contributed by atoms with E-state index in [-0.39, 0.29) is 11.3 Å². The predicted octanol–water partition coefficient (Wildman–Crippen LogP) is 6.23. The van der Waals surface area contributed by atoms with Gasteiger partial charge in [0.15, 0.2) is 0 Å². The monoisotopic (exact) mass is 441 g/mol. The molecule has 4 nitrogen and oxygen atoms in total. The molecule has 31 heavy (non-hydrogen) atoms. The lowest BCUT2D eigenvalue weighted by Crippen LogP contribution is -2.04. The fourth-order valence-corrected chi connectivity index (χ4v) is 3.81. The van der Waals surface area contributed by atoms with Crippen LogP contribution in [-0.2, 0) is 13.0 Å². The summed E-state index contributed by atoms with van der Waals surface area (Å²) in [5.41, 5.74) is 3.68. The Bertz CT molecular complexity index is 1250. The van der Waals surface area contributed by atoms with Gasteiger partial charge in [-0.3, -0.25) is 0 Å². The van der Waals surface area contributed by atoms with E-state index in [2.05, 4.69) is 4.74 Å². The second-order valence-electron chi connectivity index (χ2n) is 7.15. The number of fused-ring (bicyclic) bond motifs is 1. The van der Waals surface area contributed by atoms with Gasteiger partial charge in [-0.15, -0.1) is 0 Å². The lowest BCUT2D eigenvalue weighted by atomic mass is 9.99. The number of aromatic nitrogens is 1. The highest BCUT2D eigenvalue weighted by Gasteiger charge is 2.12. The van der Waals surface area contributed by atoms with Gasteiger partial charge in [0.1, 0.15) is 5.75 Å². The van der Waals surface area contributed by atoms with Gasteiger partial charge in [-0.25, -0.2) is 4.79 Å². The minimum atomic E-state index is -2.86. The summed E-state index contributed by atoms with van der Waals surface area (Å²) in [4.78, 5) is 11.5. The van der Waals surface area contributed by atoms with Crippen molar-refractivity contribution in [2.24, 2.45) is 0 Å². The summed E-state index contributed by atoms with van der Waals surface area (Å²) in [5, 5.41) is 10.8. The minimum absolute atomic E-state index is 0.128. The van der Waals surface area contributed by atoms with Gasteiger partial charge in [-0.1, -0.05) is 35.9 Å². The van der Waals surface area contributed by atoms with E-state index in [1.165, 1.54) is 12.1 Å². The van der Waals surface area contributed by atoms with E-state index in [1.54, 1.807) is 24.3 Å². The van der Waals surface area contributed by atoms with Crippen molar-refractivity contribution in [1.82, 2.24) is 4.57 Å². The first-order valence-electron chi connectivity index (χ1n) is 9.52. The van der Waals surface area contributed by atoms with Crippen molar-refractivity contribution in [2.45, 2.75) is 19.6 Å². The quantitative estimate of drug-likeness (QED) is 0.369. The van der Waals surface area contributed by atoms with E-state index in [0.29, 0.717) is 23.6 Å². The zero-order chi connectivity index (χ0) is 22.0. The Morgan fingerprint density at radius 2 is 1.87 bits per heavy atom. The topological polar surface area (TPSA) is 51.5 Å². The van der Waals surface area contributed by atoms with Crippen LogP contribution in [0.3, 0.4) is 0 Å². The molecule has 4 aromatic rings. The summed E-state index contributed by atoms with van der Waals surface area (Å²) in [6, 6.07) is 19.4. The Morgan fingerprint density at radius 3 is 2.65 bits per heavy atom. The molecular formula is C24H18ClF2NO3. The summed E-state index contributed by atoms with van der Waals surface area (Å²) in [5.74, 6) is -0.883. The average molecular weight is 442 g/mol. The van der Waals surface area contributed by atoms with Crippen LogP contribution in [0.25, 0.3) is 10.9 Å². The first kappa shape index (κ1) is 20.9. The number of halogens is 3. The van der Waals surface area contributed by atoms with Crippen LogP contribution in [0.5, 0.6) is 5.75 Å². The Kier molecular flexibility index (Phi) is 5.91. The zero-order valence-corrected chi connectivity index (χ0v) is 17.0. The highest BCUT2D eigenvalue weighted by molar-refractivity contribution is 6.31. The van der Waals surface area contributed by atoms with Gasteiger partial charge in [-0.2, -0.15) is 8.78 Å². The molecule has 4 rings (SSSR count). The summed E-state index contributed by atoms with van der Waals surface area (Å²) < 4.78 is 31.4. The Balaban J connectivity index is 1.57. The summed E-state index contributed by atoms with van der Waals surface area (Å²) in [6.45, 7) is -2.35. The number of carbonyl (C=O) groups is 1. The fraction of sp³-hybridized carbons (Fsp3) is 0.125. The number of benzene rings is 3. The lowest BCUT2D eigenvalue weighted by molar-refractivity contribution is -0.0498. The highest BCUT2D eigenvalue weighted by atomic mass is 35.5. The van der Waals surface area contributed by atoms with E-state index < -0.39 is 12.6 Å². The Morgan fingerprint density at radius 1 is 1.03 bits per heavy atom. The van der Waals surface area contributed by atoms with E-state index in [0.717, 1.165) is 22.0 Å². The number of hydrogen-bond donors (Lipinski definition) is 1. The molecule has 0 aliphatic rings. The van der Waals surface area contributed by atoms with Crippen molar-refractivity contribution in [1.29, 1.82) is 0 Å². The van der Waals surface area contributed by atoms with Gasteiger partial charge in [0.2, 0.25) is 0 Å². The third-order valence-electron chi connectivity index (χ3n) is 5.01. The van der Waals surface area contributed by atoms with Gasteiger partial charge in [0, 0.05) is 23.3 Å². The van der Waals surface area contributed by atoms with Crippen molar-refractivity contribution in [2.75, 3.05) is 0 Å². The van der Waals surface area contributed by atoms with Crippen LogP contribution in [0.15, 0.2) is 72.9 Å². The molecule has 0 aliphatic carbocycles. The predicted molar refractivity (Wildman–Crippen MR) is 115 cm³/mol. The maximum atomic E-state index is 12.5. The number of carboxylic acids is 1. The van der Waals surface area contributed by atoms with Crippen molar-refractivity contribution in [3.63, 3.8) is 0 Å². The van der Waals surface area contributed by atoms with Crippen LogP contribution in [0.2, 0.25) is 5.02 Å². The molecule has 7 heteroatoms. The smallest absolute Gasteiger partial charge is 0.387 e. The third-order valence-corrected chi connectivity index (χ3v) is 5.24. The molecule has 0 saturated heterocycles. The number of alkyl halides is 2. The molecule has 0 spiro atoms. The van der Waals surface area contributed by atoms with Crippen LogP contribution in [0, 0.1) is 0 Å². The largest absolute Gasteiger partial charge is 0.478 e. The molecule has 0 saturated carbocycles. The summed E-state index contributed by atoms with van der Waals surface area (Å²) in [7, 11) is 0. The molecule has 0 atom stereocenters. The van der Waals surface area contributed by atoms with E-state index in [9.17, 15) is 18.7 Å². The van der Waals surface area contributed by atoms with Gasteiger partial charge >= 0.3 is 12.6 Å². The van der Waals surface area contributed by atoms with Crippen LogP contribution in [0.4, 0.5) is 8.78 Å². The Labute approximate surface area is 182 Å². The maximum Gasteiger partial charge on any atom is 0.387 e. The molecule has 0 radical (unpaired) electrons. The SMILES string of the molecule is O=C(O)c1cc(Cl)ccc1Cc1ccc2c(ccn2Cc2cccc(OC(F)F)c2)c1. The maximum absolute atomic E-state index is 12.5. The fourth-order valence-electron chi connectivity index (χ4n) is 3.64. The third kappa shape index (κ3) is 4.86. The molecular weight excluding hydrogens is 424 g/mol. The van der Waals surface area contributed by atoms with Crippen molar-refractivity contribution < 1.29 is 23.4 Å². The van der Waals surface area contributed by atoms with Gasteiger partial charge < -0.3 is 14.4 Å². The average Bonchev–Trinajstić information content (AvgIpc) is 3.11. The van der Waals surface area contributed by atoms with Crippen LogP contribution in [-0.4, -0.2) is 22.3 Å². The molecule has 0 aliphatic heterocycles. The van der Waals surface area contributed by atoms with E-state index in [4.69, 9.17) is 11.6 Å². The second-order valence-corrected chi connectivity index (χ2v) is 7.58. The molecule has 3 aromatic carbocycles. The van der Waals surface area contributed by atoms with Crippen LogP contribution < -0.4 is 4.74 Å². The normalized spacial score (nSPS) is 11.2. The van der Waals surface area contributed by atoms with Gasteiger partial charge in [0.25, 0.3) is 0 Å². The molecule has 1 heterocycles. The number of nitrogens with zero attached hydrogens (tertiary/aromatic N) is 1. The van der Waals surface area contributed by atoms with E-state index >= 15 is 0 Å². The number of ether oxygens (including phenoxy) is 1. The molecule has 1 aromatic heterocycles. The van der Waals surface area contributed by atoms with Crippen LogP contribution in [0.1, 0.15) is 27.0 Å². The number of rotatable bonds is 7. The Hall–Kier alpha value is -3.38. The van der Waals surface area contributed by atoms with E-state index in [1.807, 2.05) is 41.1 Å². The lowest BCUT2D eigenvalue weighted by Gasteiger charge is -2.10. The zero-order valence-electron chi connectivity index (χ0n) is 16.3. The number of carboxylic acid groups (broad SMARTS) is 1. The van der Waals surface area contributed by atoms with Gasteiger partial charge in [0.05, 0.1) is 5.56 Å². The molecule has 0 unspecified atom stereocenters. The molecule has 0 amide bonds. The molecule has 158 valence electrons. The molecule has 0 bridgehead atoms. The first-order valence-corrected chi connectivity index (χ1v) is 9.90. The second kappa shape index (κ2) is 8.78. The standard InChI is InChI=1S/C24H18ClF2NO3/c25-19-6-5-17(21(13-19)23(29)30)10-15-4-7-22-18(11-15)8-9-28(22)14-16-2-1-3-20(12-16)31-24(26)27/h1-9,11-13,24H,10,14H2,(H,29,30). The summed E-state index contributed by atoms with van der Waals surface area (Å²) in [6.07, 6.45) is 2.40. The van der Waals surface area contributed by atoms with Crippen molar-refractivity contribution >= 4 is 28.5 Å². The summed E-state index contributed by atoms with van der Waals surface area (Å²) >= 11 is 5.93. The van der Waals surface area contributed by atoms with Crippen LogP contribution >= 0.6 is 11.6 Å². The number of aromatic carboxylic acids is 1. The molecule has 0 fully saturated rings. The molecule has 1 N–H and O–H groups in total. The first-order chi connectivity index (χ1) is 14.9. The highest BCUT2D eigenvalue weighted by Crippen LogP contribution is 2.24. The van der Waals surface area contributed by atoms with Gasteiger partial charge in [-0.05, 0) is 71.0 Å².